The number of nitrogens with two attached hydrogens (primary N) is 1. The molecule has 3 heteroatoms. The van der Waals surface area contributed by atoms with Gasteiger partial charge in [0.05, 0.1) is 17.3 Å². The Morgan fingerprint density at radius 1 is 1.19 bits per heavy atom. The predicted molar refractivity (Wildman–Crippen MR) is 62.3 cm³/mol. The SMILES string of the molecule is N#Cc1ccc(-c2ncccc2CN)cc1. The van der Waals surface area contributed by atoms with Gasteiger partial charge in [-0.3, -0.25) is 4.98 Å². The van der Waals surface area contributed by atoms with Crippen LogP contribution in [0.2, 0.25) is 0 Å². The molecule has 1 aromatic heterocycles. The van der Waals surface area contributed by atoms with Gasteiger partial charge in [0.2, 0.25) is 0 Å². The summed E-state index contributed by atoms with van der Waals surface area (Å²) in [7, 11) is 0. The van der Waals surface area contributed by atoms with Crippen LogP contribution >= 0.6 is 0 Å². The molecule has 2 aromatic rings. The molecule has 0 aliphatic carbocycles. The zero-order valence-corrected chi connectivity index (χ0v) is 8.72. The van der Waals surface area contributed by atoms with Crippen molar-refractivity contribution in [1.82, 2.24) is 4.98 Å². The van der Waals surface area contributed by atoms with Crippen molar-refractivity contribution >= 4 is 0 Å². The Balaban J connectivity index is 2.47. The molecule has 0 aliphatic rings. The van der Waals surface area contributed by atoms with E-state index in [0.717, 1.165) is 16.8 Å². The lowest BCUT2D eigenvalue weighted by Gasteiger charge is -2.05. The number of rotatable bonds is 2. The maximum atomic E-state index is 8.71. The van der Waals surface area contributed by atoms with Crippen molar-refractivity contribution in [2.75, 3.05) is 0 Å². The van der Waals surface area contributed by atoms with Crippen LogP contribution in [0, 0.1) is 11.3 Å². The highest BCUT2D eigenvalue weighted by atomic mass is 14.7. The number of nitriles is 1. The molecule has 0 fully saturated rings. The first kappa shape index (κ1) is 10.3. The summed E-state index contributed by atoms with van der Waals surface area (Å²) in [6.45, 7) is 0.461. The standard InChI is InChI=1S/C13H11N3/c14-8-10-3-5-11(6-4-10)13-12(9-15)2-1-7-16-13/h1-7H,9,15H2. The van der Waals surface area contributed by atoms with E-state index in [1.165, 1.54) is 0 Å². The molecule has 0 unspecified atom stereocenters. The Hall–Kier alpha value is -2.18. The molecule has 2 N–H and O–H groups in total. The van der Waals surface area contributed by atoms with Gasteiger partial charge < -0.3 is 5.73 Å². The molecular weight excluding hydrogens is 198 g/mol. The minimum absolute atomic E-state index is 0.461. The summed E-state index contributed by atoms with van der Waals surface area (Å²) in [5.41, 5.74) is 9.18. The van der Waals surface area contributed by atoms with Crippen LogP contribution in [-0.4, -0.2) is 4.98 Å². The maximum Gasteiger partial charge on any atom is 0.0991 e. The number of nitrogens with zero attached hydrogens (tertiary/aromatic N) is 2. The van der Waals surface area contributed by atoms with Crippen molar-refractivity contribution in [2.45, 2.75) is 6.54 Å². The van der Waals surface area contributed by atoms with Gasteiger partial charge in [0, 0.05) is 18.3 Å². The zero-order chi connectivity index (χ0) is 11.4. The van der Waals surface area contributed by atoms with Crippen LogP contribution in [0.5, 0.6) is 0 Å². The minimum Gasteiger partial charge on any atom is -0.326 e. The molecule has 78 valence electrons. The van der Waals surface area contributed by atoms with E-state index in [4.69, 9.17) is 11.0 Å². The fraction of sp³-hybridized carbons (Fsp3) is 0.0769. The molecule has 0 saturated carbocycles. The normalized spacial score (nSPS) is 9.75. The topological polar surface area (TPSA) is 62.7 Å². The first-order valence-electron chi connectivity index (χ1n) is 4.99. The average Bonchev–Trinajstić information content (AvgIpc) is 2.39. The smallest absolute Gasteiger partial charge is 0.0991 e. The van der Waals surface area contributed by atoms with Gasteiger partial charge in [-0.15, -0.1) is 0 Å². The molecule has 2 rings (SSSR count). The predicted octanol–water partition coefficient (Wildman–Crippen LogP) is 2.08. The van der Waals surface area contributed by atoms with E-state index in [2.05, 4.69) is 11.1 Å². The molecular formula is C13H11N3. The fourth-order valence-corrected chi connectivity index (χ4v) is 1.57. The Morgan fingerprint density at radius 2 is 1.94 bits per heavy atom. The van der Waals surface area contributed by atoms with Crippen LogP contribution in [0.15, 0.2) is 42.6 Å². The number of aromatic nitrogens is 1. The lowest BCUT2D eigenvalue weighted by Crippen LogP contribution is -2.00. The number of benzene rings is 1. The summed E-state index contributed by atoms with van der Waals surface area (Å²) < 4.78 is 0. The maximum absolute atomic E-state index is 8.71. The highest BCUT2D eigenvalue weighted by Crippen LogP contribution is 2.20. The van der Waals surface area contributed by atoms with Gasteiger partial charge in [-0.25, -0.2) is 0 Å². The van der Waals surface area contributed by atoms with E-state index in [1.54, 1.807) is 18.3 Å². The molecule has 0 saturated heterocycles. The van der Waals surface area contributed by atoms with Crippen LogP contribution in [0.4, 0.5) is 0 Å². The third-order valence-corrected chi connectivity index (χ3v) is 2.40. The zero-order valence-electron chi connectivity index (χ0n) is 8.72. The number of hydrogen-bond donors (Lipinski definition) is 1. The molecule has 0 radical (unpaired) electrons. The Kier molecular flexibility index (Phi) is 2.95. The van der Waals surface area contributed by atoms with Gasteiger partial charge in [-0.05, 0) is 23.8 Å². The van der Waals surface area contributed by atoms with E-state index in [9.17, 15) is 0 Å². The minimum atomic E-state index is 0.461. The molecule has 0 atom stereocenters. The Labute approximate surface area is 94.2 Å². The summed E-state index contributed by atoms with van der Waals surface area (Å²) in [6, 6.07) is 13.3. The van der Waals surface area contributed by atoms with Crippen LogP contribution in [-0.2, 0) is 6.54 Å². The lowest BCUT2D eigenvalue weighted by atomic mass is 10.0. The third kappa shape index (κ3) is 1.92. The van der Waals surface area contributed by atoms with E-state index in [-0.39, 0.29) is 0 Å². The summed E-state index contributed by atoms with van der Waals surface area (Å²) in [6.07, 6.45) is 1.74. The van der Waals surface area contributed by atoms with Gasteiger partial charge >= 0.3 is 0 Å². The molecule has 16 heavy (non-hydrogen) atoms. The van der Waals surface area contributed by atoms with E-state index < -0.39 is 0 Å². The third-order valence-electron chi connectivity index (χ3n) is 2.40. The largest absolute Gasteiger partial charge is 0.326 e. The first-order valence-corrected chi connectivity index (χ1v) is 4.99. The second kappa shape index (κ2) is 4.56. The lowest BCUT2D eigenvalue weighted by molar-refractivity contribution is 1.05. The van der Waals surface area contributed by atoms with E-state index in [1.807, 2.05) is 24.3 Å². The molecule has 0 bridgehead atoms. The van der Waals surface area contributed by atoms with Crippen LogP contribution in [0.25, 0.3) is 11.3 Å². The molecule has 3 nitrogen and oxygen atoms in total. The highest BCUT2D eigenvalue weighted by Gasteiger charge is 2.04. The highest BCUT2D eigenvalue weighted by molar-refractivity contribution is 5.63. The summed E-state index contributed by atoms with van der Waals surface area (Å²) in [5.74, 6) is 0. The molecule has 0 amide bonds. The summed E-state index contributed by atoms with van der Waals surface area (Å²) >= 11 is 0. The van der Waals surface area contributed by atoms with Crippen molar-refractivity contribution in [3.63, 3.8) is 0 Å². The van der Waals surface area contributed by atoms with Crippen molar-refractivity contribution in [1.29, 1.82) is 5.26 Å². The van der Waals surface area contributed by atoms with Crippen molar-refractivity contribution in [3.05, 3.63) is 53.7 Å². The van der Waals surface area contributed by atoms with Crippen LogP contribution in [0.1, 0.15) is 11.1 Å². The van der Waals surface area contributed by atoms with Crippen molar-refractivity contribution < 1.29 is 0 Å². The van der Waals surface area contributed by atoms with Crippen LogP contribution in [0.3, 0.4) is 0 Å². The van der Waals surface area contributed by atoms with Gasteiger partial charge in [-0.2, -0.15) is 5.26 Å². The van der Waals surface area contributed by atoms with Crippen molar-refractivity contribution in [3.8, 4) is 17.3 Å². The van der Waals surface area contributed by atoms with Gasteiger partial charge in [0.15, 0.2) is 0 Å². The Morgan fingerprint density at radius 3 is 2.56 bits per heavy atom. The fourth-order valence-electron chi connectivity index (χ4n) is 1.57. The number of pyridine rings is 1. The van der Waals surface area contributed by atoms with Gasteiger partial charge in [0.25, 0.3) is 0 Å². The first-order chi connectivity index (χ1) is 7.85. The monoisotopic (exact) mass is 209 g/mol. The summed E-state index contributed by atoms with van der Waals surface area (Å²) in [5, 5.41) is 8.71. The molecule has 0 aliphatic heterocycles. The molecule has 1 heterocycles. The average molecular weight is 209 g/mol. The van der Waals surface area contributed by atoms with E-state index in [0.29, 0.717) is 12.1 Å². The second-order valence-electron chi connectivity index (χ2n) is 3.40. The van der Waals surface area contributed by atoms with E-state index >= 15 is 0 Å². The van der Waals surface area contributed by atoms with Gasteiger partial charge in [0.1, 0.15) is 0 Å². The molecule has 0 spiro atoms. The second-order valence-corrected chi connectivity index (χ2v) is 3.40. The Bertz CT molecular complexity index is 524. The number of hydrogen-bond acceptors (Lipinski definition) is 3. The summed E-state index contributed by atoms with van der Waals surface area (Å²) in [4.78, 5) is 4.31. The van der Waals surface area contributed by atoms with Gasteiger partial charge in [-0.1, -0.05) is 18.2 Å². The van der Waals surface area contributed by atoms with Crippen molar-refractivity contribution in [2.24, 2.45) is 5.73 Å². The van der Waals surface area contributed by atoms with Crippen LogP contribution < -0.4 is 5.73 Å². The molecule has 1 aromatic carbocycles. The quantitative estimate of drug-likeness (QED) is 0.823.